The molecule has 2 rings (SSSR count). The van der Waals surface area contributed by atoms with Gasteiger partial charge < -0.3 is 14.2 Å². The molecule has 0 N–H and O–H groups in total. The highest BCUT2D eigenvalue weighted by atomic mass is 16.5. The fourth-order valence-electron chi connectivity index (χ4n) is 4.07. The summed E-state index contributed by atoms with van der Waals surface area (Å²) in [6.45, 7) is 9.26. The lowest BCUT2D eigenvalue weighted by molar-refractivity contribution is -0.156. The standard InChI is InChI=1S/C30H46O5/c1-5-7-8-9-10-11-22-33-26-17-12-24(13-18-26)16-21-28(31)35-27-19-14-25(15-20-27)23-34-29(32)30(3,4)6-2/h12-13,16-18,21,25,27H,5-11,14-15,19-20,22-23H2,1-4H3/b21-16+. The maximum absolute atomic E-state index is 12.3. The van der Waals surface area contributed by atoms with E-state index in [0.29, 0.717) is 12.5 Å². The van der Waals surface area contributed by atoms with Crippen LogP contribution in [0.3, 0.4) is 0 Å². The SMILES string of the molecule is CCCCCCCCOc1ccc(/C=C/C(=O)OC2CCC(COC(=O)C(C)(C)CC)CC2)cc1. The van der Waals surface area contributed by atoms with Crippen molar-refractivity contribution in [3.8, 4) is 5.75 Å². The van der Waals surface area contributed by atoms with Gasteiger partial charge in [-0.05, 0) is 82.1 Å². The van der Waals surface area contributed by atoms with Gasteiger partial charge in [0.25, 0.3) is 0 Å². The minimum absolute atomic E-state index is 0.0658. The predicted octanol–water partition coefficient (Wildman–Crippen LogP) is 7.52. The second kappa shape index (κ2) is 15.6. The van der Waals surface area contributed by atoms with Crippen LogP contribution in [0, 0.1) is 11.3 Å². The molecule has 1 aromatic carbocycles. The van der Waals surface area contributed by atoms with E-state index in [1.54, 1.807) is 6.08 Å². The summed E-state index contributed by atoms with van der Waals surface area (Å²) in [7, 11) is 0. The Morgan fingerprint density at radius 1 is 0.943 bits per heavy atom. The number of unbranched alkanes of at least 4 members (excludes halogenated alkanes) is 5. The molecule has 0 saturated heterocycles. The fourth-order valence-corrected chi connectivity index (χ4v) is 4.07. The van der Waals surface area contributed by atoms with E-state index >= 15 is 0 Å². The highest BCUT2D eigenvalue weighted by Crippen LogP contribution is 2.28. The third-order valence-electron chi connectivity index (χ3n) is 7.02. The van der Waals surface area contributed by atoms with Crippen LogP contribution >= 0.6 is 0 Å². The Labute approximate surface area is 212 Å². The van der Waals surface area contributed by atoms with Crippen LogP contribution in [-0.4, -0.2) is 31.3 Å². The number of carbonyl (C=O) groups excluding carboxylic acids is 2. The van der Waals surface area contributed by atoms with Crippen molar-refractivity contribution >= 4 is 18.0 Å². The van der Waals surface area contributed by atoms with Gasteiger partial charge in [0.2, 0.25) is 0 Å². The van der Waals surface area contributed by atoms with Crippen molar-refractivity contribution in [2.75, 3.05) is 13.2 Å². The predicted molar refractivity (Wildman–Crippen MR) is 141 cm³/mol. The molecule has 1 aromatic rings. The Morgan fingerprint density at radius 2 is 1.60 bits per heavy atom. The Balaban J connectivity index is 1.62. The number of esters is 2. The zero-order valence-electron chi connectivity index (χ0n) is 22.4. The molecule has 0 unspecified atom stereocenters. The quantitative estimate of drug-likeness (QED) is 0.146. The summed E-state index contributed by atoms with van der Waals surface area (Å²) in [6.07, 6.45) is 14.9. The monoisotopic (exact) mass is 486 g/mol. The molecule has 0 amide bonds. The van der Waals surface area contributed by atoms with E-state index in [1.807, 2.05) is 45.0 Å². The smallest absolute Gasteiger partial charge is 0.331 e. The lowest BCUT2D eigenvalue weighted by atomic mass is 9.87. The molecule has 0 aromatic heterocycles. The molecule has 0 atom stereocenters. The van der Waals surface area contributed by atoms with Gasteiger partial charge in [-0.25, -0.2) is 4.79 Å². The number of rotatable bonds is 15. The van der Waals surface area contributed by atoms with Crippen LogP contribution in [0.2, 0.25) is 0 Å². The summed E-state index contributed by atoms with van der Waals surface area (Å²) in [4.78, 5) is 24.4. The van der Waals surface area contributed by atoms with Crippen LogP contribution in [0.1, 0.15) is 104 Å². The van der Waals surface area contributed by atoms with Gasteiger partial charge >= 0.3 is 11.9 Å². The Morgan fingerprint density at radius 3 is 2.26 bits per heavy atom. The summed E-state index contributed by atoms with van der Waals surface area (Å²) >= 11 is 0. The molecule has 0 radical (unpaired) electrons. The maximum atomic E-state index is 12.3. The van der Waals surface area contributed by atoms with E-state index in [2.05, 4.69) is 6.92 Å². The van der Waals surface area contributed by atoms with Crippen molar-refractivity contribution in [3.63, 3.8) is 0 Å². The van der Waals surface area contributed by atoms with E-state index in [0.717, 1.165) is 56.4 Å². The average molecular weight is 487 g/mol. The number of ether oxygens (including phenoxy) is 3. The highest BCUT2D eigenvalue weighted by molar-refractivity contribution is 5.87. The van der Waals surface area contributed by atoms with Gasteiger partial charge in [-0.1, -0.05) is 58.1 Å². The van der Waals surface area contributed by atoms with Crippen molar-refractivity contribution < 1.29 is 23.8 Å². The minimum atomic E-state index is -0.431. The van der Waals surface area contributed by atoms with Gasteiger partial charge in [0.05, 0.1) is 18.6 Å². The molecular formula is C30H46O5. The Hall–Kier alpha value is -2.30. The summed E-state index contributed by atoms with van der Waals surface area (Å²) in [5, 5.41) is 0. The molecule has 0 aliphatic heterocycles. The summed E-state index contributed by atoms with van der Waals surface area (Å²) < 4.78 is 17.0. The summed E-state index contributed by atoms with van der Waals surface area (Å²) in [6, 6.07) is 7.79. The van der Waals surface area contributed by atoms with E-state index in [-0.39, 0.29) is 18.0 Å². The highest BCUT2D eigenvalue weighted by Gasteiger charge is 2.29. The number of carbonyl (C=O) groups is 2. The zero-order chi connectivity index (χ0) is 25.5. The molecule has 5 nitrogen and oxygen atoms in total. The molecule has 1 aliphatic carbocycles. The first-order valence-corrected chi connectivity index (χ1v) is 13.6. The third kappa shape index (κ3) is 11.3. The summed E-state index contributed by atoms with van der Waals surface area (Å²) in [5.74, 6) is 0.766. The molecule has 5 heteroatoms. The van der Waals surface area contributed by atoms with Gasteiger partial charge in [0.15, 0.2) is 0 Å². The Bertz CT molecular complexity index is 772. The fraction of sp³-hybridized carbons (Fsp3) is 0.667. The summed E-state index contributed by atoms with van der Waals surface area (Å²) in [5.41, 5.74) is 0.509. The van der Waals surface area contributed by atoms with Crippen molar-refractivity contribution in [2.24, 2.45) is 11.3 Å². The van der Waals surface area contributed by atoms with Crippen LogP contribution in [0.15, 0.2) is 30.3 Å². The molecule has 0 spiro atoms. The molecule has 0 bridgehead atoms. The topological polar surface area (TPSA) is 61.8 Å². The van der Waals surface area contributed by atoms with Crippen molar-refractivity contribution in [1.29, 1.82) is 0 Å². The number of benzene rings is 1. The molecule has 35 heavy (non-hydrogen) atoms. The van der Waals surface area contributed by atoms with Crippen molar-refractivity contribution in [3.05, 3.63) is 35.9 Å². The Kier molecular flexibility index (Phi) is 12.9. The molecule has 0 heterocycles. The van der Waals surface area contributed by atoms with Gasteiger partial charge in [0.1, 0.15) is 11.9 Å². The second-order valence-electron chi connectivity index (χ2n) is 10.4. The van der Waals surface area contributed by atoms with Gasteiger partial charge in [-0.15, -0.1) is 0 Å². The van der Waals surface area contributed by atoms with Crippen LogP contribution < -0.4 is 4.74 Å². The van der Waals surface area contributed by atoms with Crippen molar-refractivity contribution in [1.82, 2.24) is 0 Å². The van der Waals surface area contributed by atoms with E-state index in [9.17, 15) is 9.59 Å². The van der Waals surface area contributed by atoms with Gasteiger partial charge in [-0.2, -0.15) is 0 Å². The van der Waals surface area contributed by atoms with Crippen LogP contribution in [-0.2, 0) is 19.1 Å². The van der Waals surface area contributed by atoms with Crippen LogP contribution in [0.5, 0.6) is 5.75 Å². The van der Waals surface area contributed by atoms with E-state index < -0.39 is 5.41 Å². The van der Waals surface area contributed by atoms with Gasteiger partial charge in [0, 0.05) is 6.08 Å². The average Bonchev–Trinajstić information content (AvgIpc) is 2.87. The maximum Gasteiger partial charge on any atom is 0.331 e. The normalized spacial score (nSPS) is 18.4. The first-order valence-electron chi connectivity index (χ1n) is 13.6. The molecule has 1 fully saturated rings. The molecular weight excluding hydrogens is 440 g/mol. The van der Waals surface area contributed by atoms with E-state index in [4.69, 9.17) is 14.2 Å². The van der Waals surface area contributed by atoms with Crippen LogP contribution in [0.25, 0.3) is 6.08 Å². The number of hydrogen-bond donors (Lipinski definition) is 0. The molecule has 1 saturated carbocycles. The van der Waals surface area contributed by atoms with Crippen molar-refractivity contribution in [2.45, 2.75) is 104 Å². The van der Waals surface area contributed by atoms with Crippen LogP contribution in [0.4, 0.5) is 0 Å². The molecule has 196 valence electrons. The first kappa shape index (κ1) is 28.9. The molecule has 1 aliphatic rings. The first-order chi connectivity index (χ1) is 16.8. The lowest BCUT2D eigenvalue weighted by Crippen LogP contribution is -2.30. The van der Waals surface area contributed by atoms with E-state index in [1.165, 1.54) is 38.2 Å². The minimum Gasteiger partial charge on any atom is -0.494 e. The zero-order valence-corrected chi connectivity index (χ0v) is 22.4. The number of hydrogen-bond acceptors (Lipinski definition) is 5. The lowest BCUT2D eigenvalue weighted by Gasteiger charge is -2.29. The van der Waals surface area contributed by atoms with Gasteiger partial charge in [-0.3, -0.25) is 4.79 Å². The largest absolute Gasteiger partial charge is 0.494 e. The third-order valence-corrected chi connectivity index (χ3v) is 7.02. The second-order valence-corrected chi connectivity index (χ2v) is 10.4.